The van der Waals surface area contributed by atoms with Crippen molar-refractivity contribution in [2.75, 3.05) is 12.8 Å². The fourth-order valence-corrected chi connectivity index (χ4v) is 2.88. The molecule has 1 unspecified atom stereocenters. The smallest absolute Gasteiger partial charge is 0.269 e. The van der Waals surface area contributed by atoms with Crippen LogP contribution in [0.4, 0.5) is 0 Å². The number of hydrogen-bond acceptors (Lipinski definition) is 3. The summed E-state index contributed by atoms with van der Waals surface area (Å²) in [5.74, 6) is 0.101. The van der Waals surface area contributed by atoms with E-state index in [4.69, 9.17) is 5.21 Å². The molecule has 0 aliphatic rings. The number of hydroxylamine groups is 2. The van der Waals surface area contributed by atoms with E-state index in [0.717, 1.165) is 23.3 Å². The lowest BCUT2D eigenvalue weighted by Gasteiger charge is -2.12. The third-order valence-corrected chi connectivity index (χ3v) is 4.09. The predicted molar refractivity (Wildman–Crippen MR) is 76.2 cm³/mol. The Kier molecular flexibility index (Phi) is 6.62. The first kappa shape index (κ1) is 15.8. The highest BCUT2D eigenvalue weighted by molar-refractivity contribution is 7.91. The zero-order valence-corrected chi connectivity index (χ0v) is 12.0. The molecule has 0 saturated carbocycles. The van der Waals surface area contributed by atoms with Gasteiger partial charge in [-0.25, -0.2) is 5.06 Å². The summed E-state index contributed by atoms with van der Waals surface area (Å²) in [5.41, 5.74) is 0.743. The SMILES string of the molecule is CCCC[S+]([O-])c1ccccc1C=CC(=O)N(C)O. The van der Waals surface area contributed by atoms with Crippen molar-refractivity contribution in [3.8, 4) is 0 Å². The van der Waals surface area contributed by atoms with Crippen molar-refractivity contribution in [1.29, 1.82) is 0 Å². The zero-order chi connectivity index (χ0) is 14.3. The highest BCUT2D eigenvalue weighted by Crippen LogP contribution is 2.19. The van der Waals surface area contributed by atoms with Gasteiger partial charge in [0.15, 0.2) is 4.90 Å². The quantitative estimate of drug-likeness (QED) is 0.377. The molecule has 5 heteroatoms. The molecule has 1 amide bonds. The van der Waals surface area contributed by atoms with E-state index in [1.807, 2.05) is 12.1 Å². The number of hydrogen-bond donors (Lipinski definition) is 1. The first-order valence-corrected chi connectivity index (χ1v) is 7.50. The summed E-state index contributed by atoms with van der Waals surface area (Å²) < 4.78 is 12.1. The minimum Gasteiger partial charge on any atom is -0.611 e. The number of benzene rings is 1. The molecule has 0 radical (unpaired) electrons. The lowest BCUT2D eigenvalue weighted by Crippen LogP contribution is -2.19. The van der Waals surface area contributed by atoms with E-state index >= 15 is 0 Å². The van der Waals surface area contributed by atoms with Crippen molar-refractivity contribution in [1.82, 2.24) is 5.06 Å². The summed E-state index contributed by atoms with van der Waals surface area (Å²) in [6.07, 6.45) is 4.74. The molecule has 0 saturated heterocycles. The number of rotatable bonds is 6. The van der Waals surface area contributed by atoms with E-state index in [-0.39, 0.29) is 0 Å². The Labute approximate surface area is 116 Å². The summed E-state index contributed by atoms with van der Waals surface area (Å²) >= 11 is -1.06. The molecule has 0 fully saturated rings. The summed E-state index contributed by atoms with van der Waals surface area (Å²) in [5, 5.41) is 9.47. The lowest BCUT2D eigenvalue weighted by atomic mass is 10.2. The molecular formula is C14H19NO3S. The second kappa shape index (κ2) is 7.99. The average Bonchev–Trinajstić information content (AvgIpc) is 2.42. The Morgan fingerprint density at radius 3 is 2.79 bits per heavy atom. The van der Waals surface area contributed by atoms with Gasteiger partial charge in [-0.2, -0.15) is 0 Å². The molecule has 1 N–H and O–H groups in total. The fraction of sp³-hybridized carbons (Fsp3) is 0.357. The Hall–Kier alpha value is -1.30. The summed E-state index contributed by atoms with van der Waals surface area (Å²) in [6.45, 7) is 2.05. The maximum atomic E-state index is 12.1. The highest BCUT2D eigenvalue weighted by atomic mass is 32.2. The Balaban J connectivity index is 2.86. The van der Waals surface area contributed by atoms with Crippen LogP contribution in [0.25, 0.3) is 6.08 Å². The van der Waals surface area contributed by atoms with Crippen LogP contribution in [0, 0.1) is 0 Å². The van der Waals surface area contributed by atoms with Crippen molar-refractivity contribution < 1.29 is 14.6 Å². The number of nitrogens with zero attached hydrogens (tertiary/aromatic N) is 1. The third kappa shape index (κ3) is 5.06. The van der Waals surface area contributed by atoms with Crippen molar-refractivity contribution in [2.24, 2.45) is 0 Å². The molecule has 0 aromatic heterocycles. The minimum atomic E-state index is -1.06. The largest absolute Gasteiger partial charge is 0.611 e. The van der Waals surface area contributed by atoms with E-state index < -0.39 is 17.1 Å². The van der Waals surface area contributed by atoms with Crippen molar-refractivity contribution in [2.45, 2.75) is 24.7 Å². The van der Waals surface area contributed by atoms with Gasteiger partial charge in [-0.3, -0.25) is 10.0 Å². The molecule has 0 aliphatic carbocycles. The molecule has 1 aromatic rings. The van der Waals surface area contributed by atoms with E-state index in [0.29, 0.717) is 10.8 Å². The lowest BCUT2D eigenvalue weighted by molar-refractivity contribution is -0.153. The molecule has 4 nitrogen and oxygen atoms in total. The van der Waals surface area contributed by atoms with Gasteiger partial charge in [-0.15, -0.1) is 0 Å². The van der Waals surface area contributed by atoms with Crippen LogP contribution in [-0.4, -0.2) is 33.5 Å². The molecule has 0 bridgehead atoms. The van der Waals surface area contributed by atoms with Gasteiger partial charge in [0.25, 0.3) is 5.91 Å². The maximum absolute atomic E-state index is 12.1. The Morgan fingerprint density at radius 1 is 1.47 bits per heavy atom. The molecule has 0 heterocycles. The fourth-order valence-electron chi connectivity index (χ4n) is 1.48. The number of unbranched alkanes of at least 4 members (excludes halogenated alkanes) is 1. The van der Waals surface area contributed by atoms with Gasteiger partial charge >= 0.3 is 0 Å². The molecular weight excluding hydrogens is 262 g/mol. The van der Waals surface area contributed by atoms with E-state index in [2.05, 4.69) is 6.92 Å². The molecule has 19 heavy (non-hydrogen) atoms. The second-order valence-corrected chi connectivity index (χ2v) is 5.68. The number of likely N-dealkylation sites (N-methyl/N-ethyl adjacent to an activating group) is 1. The predicted octanol–water partition coefficient (Wildman–Crippen LogP) is 2.46. The second-order valence-electron chi connectivity index (χ2n) is 4.14. The summed E-state index contributed by atoms with van der Waals surface area (Å²) in [7, 11) is 1.26. The van der Waals surface area contributed by atoms with Crippen LogP contribution in [0.15, 0.2) is 35.2 Å². The van der Waals surface area contributed by atoms with Crippen molar-refractivity contribution in [3.05, 3.63) is 35.9 Å². The Bertz CT molecular complexity index is 446. The van der Waals surface area contributed by atoms with Crippen molar-refractivity contribution >= 4 is 23.2 Å². The van der Waals surface area contributed by atoms with Crippen LogP contribution >= 0.6 is 0 Å². The van der Waals surface area contributed by atoms with Gasteiger partial charge in [0.2, 0.25) is 0 Å². The molecule has 1 atom stereocenters. The first-order valence-electron chi connectivity index (χ1n) is 6.18. The summed E-state index contributed by atoms with van der Waals surface area (Å²) in [4.78, 5) is 12.0. The number of carbonyl (C=O) groups excluding carboxylic acids is 1. The summed E-state index contributed by atoms with van der Waals surface area (Å²) in [6, 6.07) is 7.27. The van der Waals surface area contributed by atoms with Gasteiger partial charge in [0, 0.05) is 18.7 Å². The average molecular weight is 281 g/mol. The first-order chi connectivity index (χ1) is 9.06. The molecule has 0 aliphatic heterocycles. The van der Waals surface area contributed by atoms with E-state index in [1.54, 1.807) is 18.2 Å². The van der Waals surface area contributed by atoms with Crippen LogP contribution < -0.4 is 0 Å². The van der Waals surface area contributed by atoms with Gasteiger partial charge in [-0.1, -0.05) is 25.5 Å². The number of carbonyl (C=O) groups is 1. The number of amides is 1. The van der Waals surface area contributed by atoms with Gasteiger partial charge in [0.1, 0.15) is 5.75 Å². The monoisotopic (exact) mass is 281 g/mol. The van der Waals surface area contributed by atoms with E-state index in [1.165, 1.54) is 13.1 Å². The minimum absolute atomic E-state index is 0.507. The van der Waals surface area contributed by atoms with Gasteiger partial charge in [0.05, 0.1) is 0 Å². The standard InChI is InChI=1S/C14H19NO3S/c1-3-4-11-19(18)13-8-6-5-7-12(13)9-10-14(16)15(2)17/h5-10,17H,3-4,11H2,1-2H3. The third-order valence-electron chi connectivity index (χ3n) is 2.57. The zero-order valence-electron chi connectivity index (χ0n) is 11.2. The van der Waals surface area contributed by atoms with Gasteiger partial charge in [-0.05, 0) is 35.8 Å². The van der Waals surface area contributed by atoms with Crippen LogP contribution in [-0.2, 0) is 16.0 Å². The van der Waals surface area contributed by atoms with Crippen LogP contribution in [0.3, 0.4) is 0 Å². The van der Waals surface area contributed by atoms with E-state index in [9.17, 15) is 9.35 Å². The van der Waals surface area contributed by atoms with Crippen LogP contribution in [0.1, 0.15) is 25.3 Å². The topological polar surface area (TPSA) is 63.6 Å². The van der Waals surface area contributed by atoms with Crippen LogP contribution in [0.5, 0.6) is 0 Å². The molecule has 0 spiro atoms. The normalized spacial score (nSPS) is 12.6. The molecule has 1 rings (SSSR count). The molecule has 104 valence electrons. The highest BCUT2D eigenvalue weighted by Gasteiger charge is 2.13. The van der Waals surface area contributed by atoms with Crippen molar-refractivity contribution in [3.63, 3.8) is 0 Å². The van der Waals surface area contributed by atoms with Gasteiger partial charge < -0.3 is 4.55 Å². The Morgan fingerprint density at radius 2 is 2.16 bits per heavy atom. The maximum Gasteiger partial charge on any atom is 0.269 e. The van der Waals surface area contributed by atoms with Crippen LogP contribution in [0.2, 0.25) is 0 Å². The molecule has 1 aromatic carbocycles.